The quantitative estimate of drug-likeness (QED) is 0.521. The lowest BCUT2D eigenvalue weighted by molar-refractivity contribution is -0.119. The van der Waals surface area contributed by atoms with Crippen LogP contribution >= 0.6 is 0 Å². The zero-order chi connectivity index (χ0) is 27.4. The molecule has 0 radical (unpaired) electrons. The third-order valence-electron chi connectivity index (χ3n) is 6.40. The van der Waals surface area contributed by atoms with Gasteiger partial charge in [0, 0.05) is 24.1 Å². The van der Waals surface area contributed by atoms with E-state index in [0.717, 1.165) is 0 Å². The smallest absolute Gasteiger partial charge is 0.262 e. The number of methoxy groups -OCH3 is 1. The Morgan fingerprint density at radius 1 is 1.16 bits per heavy atom. The number of rotatable bonds is 8. The Labute approximate surface area is 221 Å². The van der Waals surface area contributed by atoms with Crippen molar-refractivity contribution in [3.63, 3.8) is 0 Å². The molecular formula is C29H31N3O6. The van der Waals surface area contributed by atoms with Crippen LogP contribution < -0.4 is 25.3 Å². The highest BCUT2D eigenvalue weighted by atomic mass is 16.5. The fourth-order valence-electron chi connectivity index (χ4n) is 4.74. The van der Waals surface area contributed by atoms with Crippen molar-refractivity contribution in [3.8, 4) is 23.3 Å². The normalized spacial score (nSPS) is 18.2. The minimum atomic E-state index is -0.682. The molecule has 1 amide bonds. The van der Waals surface area contributed by atoms with E-state index in [1.165, 1.54) is 7.11 Å². The molecule has 0 aromatic heterocycles. The maximum atomic E-state index is 13.2. The van der Waals surface area contributed by atoms with E-state index >= 15 is 0 Å². The lowest BCUT2D eigenvalue weighted by Crippen LogP contribution is -2.33. The summed E-state index contributed by atoms with van der Waals surface area (Å²) >= 11 is 0. The van der Waals surface area contributed by atoms with Crippen molar-refractivity contribution in [2.24, 2.45) is 11.1 Å². The Hall–Kier alpha value is -4.45. The average molecular weight is 518 g/mol. The molecule has 2 aromatic carbocycles. The van der Waals surface area contributed by atoms with Crippen molar-refractivity contribution in [3.05, 3.63) is 70.8 Å². The fraction of sp³-hybridized carbons (Fsp3) is 0.345. The number of ether oxygens (including phenoxy) is 4. The van der Waals surface area contributed by atoms with Gasteiger partial charge >= 0.3 is 0 Å². The second-order valence-electron chi connectivity index (χ2n) is 9.91. The van der Waals surface area contributed by atoms with Crippen LogP contribution in [0.15, 0.2) is 65.3 Å². The number of nitrogens with zero attached hydrogens (tertiary/aromatic N) is 1. The molecular weight excluding hydrogens is 486 g/mol. The van der Waals surface area contributed by atoms with Gasteiger partial charge in [0.05, 0.1) is 19.6 Å². The van der Waals surface area contributed by atoms with Gasteiger partial charge in [-0.15, -0.1) is 0 Å². The number of ketones is 1. The fourth-order valence-corrected chi connectivity index (χ4v) is 4.74. The summed E-state index contributed by atoms with van der Waals surface area (Å²) in [4.78, 5) is 25.6. The number of carbonyl (C=O) groups excluding carboxylic acids is 2. The zero-order valence-corrected chi connectivity index (χ0v) is 21.9. The van der Waals surface area contributed by atoms with Gasteiger partial charge in [0.15, 0.2) is 23.9 Å². The van der Waals surface area contributed by atoms with Crippen LogP contribution in [0.3, 0.4) is 0 Å². The van der Waals surface area contributed by atoms with Crippen molar-refractivity contribution < 1.29 is 28.5 Å². The molecule has 38 heavy (non-hydrogen) atoms. The summed E-state index contributed by atoms with van der Waals surface area (Å²) in [5.74, 6) is 0.789. The average Bonchev–Trinajstić information content (AvgIpc) is 2.87. The standard InChI is InChI=1S/C29H31N3O6/c1-5-36-19-9-7-18(8-10-19)32-25(34)16-37-22-11-6-17(12-23(22)35-4)26-20(15-30)28(31)38-24-14-29(2,3)13-21(33)27(24)26/h6-12,26H,5,13-14,16,31H2,1-4H3,(H,32,34). The molecule has 0 saturated carbocycles. The molecule has 0 spiro atoms. The predicted octanol–water partition coefficient (Wildman–Crippen LogP) is 4.56. The van der Waals surface area contributed by atoms with Crippen molar-refractivity contribution in [1.82, 2.24) is 0 Å². The first-order chi connectivity index (χ1) is 18.2. The summed E-state index contributed by atoms with van der Waals surface area (Å²) in [5.41, 5.74) is 7.70. The highest BCUT2D eigenvalue weighted by Crippen LogP contribution is 2.48. The van der Waals surface area contributed by atoms with Crippen molar-refractivity contribution in [2.45, 2.75) is 39.5 Å². The van der Waals surface area contributed by atoms with E-state index in [1.54, 1.807) is 42.5 Å². The molecule has 1 unspecified atom stereocenters. The van der Waals surface area contributed by atoms with Crippen molar-refractivity contribution >= 4 is 17.4 Å². The SMILES string of the molecule is CCOc1ccc(NC(=O)COc2ccc(C3C(C#N)=C(N)OC4=C3C(=O)CC(C)(C)C4)cc2OC)cc1. The van der Waals surface area contributed by atoms with Crippen LogP contribution in [0, 0.1) is 16.7 Å². The summed E-state index contributed by atoms with van der Waals surface area (Å²) < 4.78 is 22.4. The predicted molar refractivity (Wildman–Crippen MR) is 140 cm³/mol. The Morgan fingerprint density at radius 2 is 1.89 bits per heavy atom. The molecule has 0 fully saturated rings. The molecule has 1 aliphatic carbocycles. The number of nitrogens with two attached hydrogens (primary N) is 1. The van der Waals surface area contributed by atoms with Gasteiger partial charge in [-0.05, 0) is 54.3 Å². The van der Waals surface area contributed by atoms with Crippen LogP contribution in [-0.4, -0.2) is 32.0 Å². The topological polar surface area (TPSA) is 133 Å². The van der Waals surface area contributed by atoms with Gasteiger partial charge in [0.1, 0.15) is 23.2 Å². The number of carbonyl (C=O) groups is 2. The van der Waals surface area contributed by atoms with E-state index in [2.05, 4.69) is 11.4 Å². The highest BCUT2D eigenvalue weighted by Gasteiger charge is 2.43. The summed E-state index contributed by atoms with van der Waals surface area (Å²) in [5, 5.41) is 12.6. The van der Waals surface area contributed by atoms with Gasteiger partial charge in [-0.2, -0.15) is 5.26 Å². The van der Waals surface area contributed by atoms with Crippen LogP contribution in [0.2, 0.25) is 0 Å². The van der Waals surface area contributed by atoms with Gasteiger partial charge in [-0.1, -0.05) is 19.9 Å². The van der Waals surface area contributed by atoms with E-state index in [-0.39, 0.29) is 35.2 Å². The summed E-state index contributed by atoms with van der Waals surface area (Å²) in [6.45, 7) is 6.20. The number of allylic oxidation sites excluding steroid dienone is 3. The molecule has 4 rings (SSSR count). The lowest BCUT2D eigenvalue weighted by Gasteiger charge is -2.37. The molecule has 0 saturated heterocycles. The molecule has 2 aromatic rings. The third kappa shape index (κ3) is 5.59. The number of Topliss-reactive ketones (excluding diaryl/α,β-unsaturated/α-hetero) is 1. The van der Waals surface area contributed by atoms with Gasteiger partial charge in [-0.3, -0.25) is 9.59 Å². The molecule has 3 N–H and O–H groups in total. The maximum Gasteiger partial charge on any atom is 0.262 e. The van der Waals surface area contributed by atoms with Crippen LogP contribution in [0.4, 0.5) is 5.69 Å². The molecule has 9 heteroatoms. The lowest BCUT2D eigenvalue weighted by atomic mass is 9.70. The molecule has 9 nitrogen and oxygen atoms in total. The van der Waals surface area contributed by atoms with E-state index in [0.29, 0.717) is 59.3 Å². The number of amides is 1. The number of anilines is 1. The molecule has 1 heterocycles. The van der Waals surface area contributed by atoms with Gasteiger partial charge in [-0.25, -0.2) is 0 Å². The maximum absolute atomic E-state index is 13.2. The largest absolute Gasteiger partial charge is 0.494 e. The molecule has 198 valence electrons. The minimum Gasteiger partial charge on any atom is -0.494 e. The summed E-state index contributed by atoms with van der Waals surface area (Å²) in [6, 6.07) is 14.2. The second kappa shape index (κ2) is 10.9. The Morgan fingerprint density at radius 3 is 2.55 bits per heavy atom. The van der Waals surface area contributed by atoms with E-state index < -0.39 is 5.92 Å². The summed E-state index contributed by atoms with van der Waals surface area (Å²) in [7, 11) is 1.48. The minimum absolute atomic E-state index is 0.00740. The first-order valence-corrected chi connectivity index (χ1v) is 12.3. The van der Waals surface area contributed by atoms with Crippen LogP contribution in [-0.2, 0) is 14.3 Å². The number of nitriles is 1. The van der Waals surface area contributed by atoms with Crippen LogP contribution in [0.5, 0.6) is 17.2 Å². The zero-order valence-electron chi connectivity index (χ0n) is 21.9. The number of hydrogen-bond acceptors (Lipinski definition) is 8. The first-order valence-electron chi connectivity index (χ1n) is 12.3. The van der Waals surface area contributed by atoms with Crippen LogP contribution in [0.1, 0.15) is 45.1 Å². The van der Waals surface area contributed by atoms with E-state index in [1.807, 2.05) is 20.8 Å². The van der Waals surface area contributed by atoms with Gasteiger partial charge < -0.3 is 30.0 Å². The Bertz CT molecular complexity index is 1350. The van der Waals surface area contributed by atoms with E-state index in [9.17, 15) is 14.9 Å². The molecule has 0 bridgehead atoms. The van der Waals surface area contributed by atoms with Gasteiger partial charge in [0.25, 0.3) is 5.91 Å². The first kappa shape index (κ1) is 26.6. The third-order valence-corrected chi connectivity index (χ3v) is 6.40. The van der Waals surface area contributed by atoms with Crippen molar-refractivity contribution in [1.29, 1.82) is 5.26 Å². The number of nitrogens with one attached hydrogen (secondary N) is 1. The molecule has 2 aliphatic rings. The van der Waals surface area contributed by atoms with Crippen molar-refractivity contribution in [2.75, 3.05) is 25.6 Å². The van der Waals surface area contributed by atoms with Gasteiger partial charge in [0.2, 0.25) is 5.88 Å². The summed E-state index contributed by atoms with van der Waals surface area (Å²) in [6.07, 6.45) is 0.873. The molecule has 1 aliphatic heterocycles. The second-order valence-corrected chi connectivity index (χ2v) is 9.91. The highest BCUT2D eigenvalue weighted by molar-refractivity contribution is 6.00. The molecule has 1 atom stereocenters. The van der Waals surface area contributed by atoms with Crippen LogP contribution in [0.25, 0.3) is 0 Å². The van der Waals surface area contributed by atoms with E-state index in [4.69, 9.17) is 24.7 Å². The monoisotopic (exact) mass is 517 g/mol. The Kier molecular flexibility index (Phi) is 7.62. The Balaban J connectivity index is 1.54. The number of benzene rings is 2. The number of hydrogen-bond donors (Lipinski definition) is 2.